The van der Waals surface area contributed by atoms with Crippen LogP contribution in [0.3, 0.4) is 0 Å². The van der Waals surface area contributed by atoms with Gasteiger partial charge >= 0.3 is 6.03 Å². The van der Waals surface area contributed by atoms with Crippen LogP contribution >= 0.6 is 11.6 Å². The fourth-order valence-corrected chi connectivity index (χ4v) is 5.29. The standard InChI is InChI=1S/C24H30ClFN6O3/c1-30(2)15-6-4-14(5-7-15)28-23-27-11-13-12-31(24(34)32(16-8-9-16)22(13)29-23)21-19(25)18(35-3)10-17(33)20(21)26/h10-11,14-16,33H,4-9,12H2,1-3H3,(H,27,28,29). The number of phenols is 1. The van der Waals surface area contributed by atoms with Crippen LogP contribution in [0.15, 0.2) is 12.3 Å². The number of ether oxygens (including phenoxy) is 1. The first-order valence-electron chi connectivity index (χ1n) is 11.9. The molecule has 35 heavy (non-hydrogen) atoms. The summed E-state index contributed by atoms with van der Waals surface area (Å²) >= 11 is 6.39. The molecule has 0 saturated heterocycles. The molecule has 2 fully saturated rings. The normalized spacial score (nSPS) is 22.4. The Bertz CT molecular complexity index is 1140. The van der Waals surface area contributed by atoms with E-state index in [9.17, 15) is 9.90 Å². The molecular formula is C24H30ClFN6O3. The van der Waals surface area contributed by atoms with Crippen LogP contribution in [0.5, 0.6) is 11.5 Å². The number of benzene rings is 1. The van der Waals surface area contributed by atoms with Crippen molar-refractivity contribution < 1.29 is 19.0 Å². The summed E-state index contributed by atoms with van der Waals surface area (Å²) in [7, 11) is 5.59. The van der Waals surface area contributed by atoms with Crippen molar-refractivity contribution in [2.75, 3.05) is 36.3 Å². The topological polar surface area (TPSA) is 94.1 Å². The number of phenolic OH excluding ortho intramolecular Hbond substituents is 1. The lowest BCUT2D eigenvalue weighted by Crippen LogP contribution is -2.49. The highest BCUT2D eigenvalue weighted by Crippen LogP contribution is 2.45. The molecule has 1 aliphatic heterocycles. The van der Waals surface area contributed by atoms with E-state index >= 15 is 4.39 Å². The minimum Gasteiger partial charge on any atom is -0.505 e. The maximum atomic E-state index is 15.0. The first-order valence-corrected chi connectivity index (χ1v) is 12.3. The fourth-order valence-electron chi connectivity index (χ4n) is 4.97. The van der Waals surface area contributed by atoms with Gasteiger partial charge in [0.15, 0.2) is 11.6 Å². The van der Waals surface area contributed by atoms with E-state index in [1.807, 2.05) is 0 Å². The van der Waals surface area contributed by atoms with Crippen molar-refractivity contribution in [2.24, 2.45) is 0 Å². The van der Waals surface area contributed by atoms with E-state index in [1.54, 1.807) is 11.1 Å². The molecule has 11 heteroatoms. The van der Waals surface area contributed by atoms with E-state index < -0.39 is 17.6 Å². The van der Waals surface area contributed by atoms with Gasteiger partial charge in [-0.05, 0) is 52.6 Å². The smallest absolute Gasteiger partial charge is 0.330 e. The number of anilines is 3. The third-order valence-corrected chi connectivity index (χ3v) is 7.49. The number of fused-ring (bicyclic) bond motifs is 1. The number of hydrogen-bond donors (Lipinski definition) is 2. The molecule has 2 aromatic rings. The number of urea groups is 1. The SMILES string of the molecule is COc1cc(O)c(F)c(N2Cc3cnc(NC4CCC(N(C)C)CC4)nc3N(C3CC3)C2=O)c1Cl. The largest absolute Gasteiger partial charge is 0.505 e. The Morgan fingerprint density at radius 1 is 1.23 bits per heavy atom. The average Bonchev–Trinajstić information content (AvgIpc) is 3.67. The predicted molar refractivity (Wildman–Crippen MR) is 132 cm³/mol. The monoisotopic (exact) mass is 504 g/mol. The molecule has 5 rings (SSSR count). The van der Waals surface area contributed by atoms with Crippen LogP contribution in [0.25, 0.3) is 0 Å². The van der Waals surface area contributed by atoms with Crippen LogP contribution in [-0.4, -0.2) is 65.3 Å². The quantitative estimate of drug-likeness (QED) is 0.603. The Balaban J connectivity index is 1.44. The second-order valence-corrected chi connectivity index (χ2v) is 10.1. The first kappa shape index (κ1) is 23.9. The Labute approximate surface area is 208 Å². The van der Waals surface area contributed by atoms with E-state index in [4.69, 9.17) is 21.3 Å². The van der Waals surface area contributed by atoms with Gasteiger partial charge in [-0.3, -0.25) is 9.80 Å². The first-order chi connectivity index (χ1) is 16.8. The Hall–Kier alpha value is -2.85. The maximum Gasteiger partial charge on any atom is 0.330 e. The molecule has 2 heterocycles. The van der Waals surface area contributed by atoms with Gasteiger partial charge < -0.3 is 20.1 Å². The molecule has 9 nitrogen and oxygen atoms in total. The second kappa shape index (κ2) is 9.31. The molecule has 0 unspecified atom stereocenters. The molecule has 0 radical (unpaired) electrons. The van der Waals surface area contributed by atoms with Gasteiger partial charge in [-0.15, -0.1) is 0 Å². The van der Waals surface area contributed by atoms with Crippen LogP contribution in [0.4, 0.5) is 26.6 Å². The number of nitrogens with one attached hydrogen (secondary N) is 1. The van der Waals surface area contributed by atoms with Crippen molar-refractivity contribution in [1.29, 1.82) is 0 Å². The molecule has 2 amide bonds. The lowest BCUT2D eigenvalue weighted by Gasteiger charge is -2.37. The summed E-state index contributed by atoms with van der Waals surface area (Å²) in [4.78, 5) is 27.9. The van der Waals surface area contributed by atoms with E-state index in [0.29, 0.717) is 23.4 Å². The lowest BCUT2D eigenvalue weighted by molar-refractivity contribution is 0.221. The predicted octanol–water partition coefficient (Wildman–Crippen LogP) is 4.38. The number of carbonyl (C=O) groups is 1. The van der Waals surface area contributed by atoms with Crippen molar-refractivity contribution in [3.63, 3.8) is 0 Å². The van der Waals surface area contributed by atoms with Gasteiger partial charge in [0.05, 0.1) is 13.7 Å². The van der Waals surface area contributed by atoms with Gasteiger partial charge in [-0.1, -0.05) is 11.6 Å². The number of aromatic nitrogens is 2. The van der Waals surface area contributed by atoms with Crippen LogP contribution in [0.1, 0.15) is 44.1 Å². The van der Waals surface area contributed by atoms with E-state index in [1.165, 1.54) is 12.0 Å². The molecule has 188 valence electrons. The van der Waals surface area contributed by atoms with Crippen LogP contribution in [0.2, 0.25) is 5.02 Å². The summed E-state index contributed by atoms with van der Waals surface area (Å²) in [6, 6.07) is 1.50. The number of nitrogens with zero attached hydrogens (tertiary/aromatic N) is 5. The fraction of sp³-hybridized carbons (Fsp3) is 0.542. The van der Waals surface area contributed by atoms with Crippen LogP contribution in [-0.2, 0) is 6.54 Å². The summed E-state index contributed by atoms with van der Waals surface area (Å²) in [6.45, 7) is 0.0227. The zero-order valence-electron chi connectivity index (χ0n) is 20.1. The second-order valence-electron chi connectivity index (χ2n) is 9.70. The van der Waals surface area contributed by atoms with E-state index in [-0.39, 0.29) is 35.1 Å². The highest BCUT2D eigenvalue weighted by atomic mass is 35.5. The molecular weight excluding hydrogens is 475 g/mol. The number of carbonyl (C=O) groups excluding carboxylic acids is 1. The third-order valence-electron chi connectivity index (χ3n) is 7.12. The lowest BCUT2D eigenvalue weighted by atomic mass is 9.91. The molecule has 1 aromatic heterocycles. The summed E-state index contributed by atoms with van der Waals surface area (Å²) in [5.41, 5.74) is 0.459. The molecule has 0 atom stereocenters. The van der Waals surface area contributed by atoms with Gasteiger partial charge in [-0.2, -0.15) is 4.98 Å². The number of halogens is 2. The Morgan fingerprint density at radius 2 is 1.94 bits per heavy atom. The molecule has 0 spiro atoms. The summed E-state index contributed by atoms with van der Waals surface area (Å²) in [5.74, 6) is -0.505. The zero-order chi connectivity index (χ0) is 24.9. The number of hydrogen-bond acceptors (Lipinski definition) is 7. The van der Waals surface area contributed by atoms with Crippen molar-refractivity contribution >= 4 is 35.1 Å². The van der Waals surface area contributed by atoms with Crippen molar-refractivity contribution in [1.82, 2.24) is 14.9 Å². The Morgan fingerprint density at radius 3 is 2.57 bits per heavy atom. The molecule has 2 aliphatic carbocycles. The number of amides is 2. The molecule has 2 saturated carbocycles. The van der Waals surface area contributed by atoms with Gasteiger partial charge in [0.25, 0.3) is 0 Å². The minimum atomic E-state index is -0.976. The minimum absolute atomic E-state index is 0.0227. The molecule has 1 aromatic carbocycles. The average molecular weight is 505 g/mol. The van der Waals surface area contributed by atoms with Crippen molar-refractivity contribution in [3.8, 4) is 11.5 Å². The van der Waals surface area contributed by atoms with E-state index in [0.717, 1.165) is 44.6 Å². The number of aromatic hydroxyl groups is 1. The summed E-state index contributed by atoms with van der Waals surface area (Å²) in [5, 5.41) is 13.4. The van der Waals surface area contributed by atoms with Gasteiger partial charge in [0.1, 0.15) is 22.3 Å². The van der Waals surface area contributed by atoms with Crippen LogP contribution in [0, 0.1) is 5.82 Å². The summed E-state index contributed by atoms with van der Waals surface area (Å²) < 4.78 is 20.2. The number of methoxy groups -OCH3 is 1. The van der Waals surface area contributed by atoms with Gasteiger partial charge in [0.2, 0.25) is 5.95 Å². The van der Waals surface area contributed by atoms with Crippen molar-refractivity contribution in [2.45, 2.75) is 63.2 Å². The van der Waals surface area contributed by atoms with Gasteiger partial charge in [0, 0.05) is 36.0 Å². The molecule has 0 bridgehead atoms. The van der Waals surface area contributed by atoms with Crippen molar-refractivity contribution in [3.05, 3.63) is 28.7 Å². The molecule has 2 N–H and O–H groups in total. The van der Waals surface area contributed by atoms with E-state index in [2.05, 4.69) is 29.3 Å². The summed E-state index contributed by atoms with van der Waals surface area (Å²) in [6.07, 6.45) is 7.61. The Kier molecular flexibility index (Phi) is 6.35. The van der Waals surface area contributed by atoms with Gasteiger partial charge in [-0.25, -0.2) is 14.2 Å². The highest BCUT2D eigenvalue weighted by Gasteiger charge is 2.43. The maximum absolute atomic E-state index is 15.0. The molecule has 3 aliphatic rings. The zero-order valence-corrected chi connectivity index (χ0v) is 20.8. The number of rotatable bonds is 6. The van der Waals surface area contributed by atoms with Crippen LogP contribution < -0.4 is 19.9 Å². The third kappa shape index (κ3) is 4.45. The highest BCUT2D eigenvalue weighted by molar-refractivity contribution is 6.35.